The van der Waals surface area contributed by atoms with Gasteiger partial charge in [0.1, 0.15) is 17.6 Å². The summed E-state index contributed by atoms with van der Waals surface area (Å²) in [7, 11) is 0. The minimum absolute atomic E-state index is 0.00447. The van der Waals surface area contributed by atoms with Gasteiger partial charge in [-0.05, 0) is 51.0 Å². The molecule has 1 aromatic carbocycles. The number of amides is 2. The van der Waals surface area contributed by atoms with E-state index in [2.05, 4.69) is 4.98 Å². The molecule has 4 rings (SSSR count). The van der Waals surface area contributed by atoms with E-state index in [1.807, 2.05) is 6.92 Å². The van der Waals surface area contributed by atoms with E-state index in [1.54, 1.807) is 60.5 Å². The maximum atomic E-state index is 13.3. The van der Waals surface area contributed by atoms with Crippen LogP contribution < -0.4 is 4.74 Å². The number of aliphatic hydroxyl groups is 1. The van der Waals surface area contributed by atoms with Crippen molar-refractivity contribution < 1.29 is 29.0 Å². The summed E-state index contributed by atoms with van der Waals surface area (Å²) in [4.78, 5) is 46.2. The second-order valence-electron chi connectivity index (χ2n) is 8.34. The third-order valence-corrected chi connectivity index (χ3v) is 6.25. The highest BCUT2D eigenvalue weighted by atomic mass is 16.6. The van der Waals surface area contributed by atoms with Crippen LogP contribution in [0.25, 0.3) is 5.76 Å². The van der Waals surface area contributed by atoms with E-state index in [1.165, 1.54) is 4.90 Å². The minimum atomic E-state index is -0.842. The van der Waals surface area contributed by atoms with Gasteiger partial charge < -0.3 is 24.4 Å². The lowest BCUT2D eigenvalue weighted by molar-refractivity contribution is -0.142. The van der Waals surface area contributed by atoms with Crippen LogP contribution in [0.2, 0.25) is 0 Å². The summed E-state index contributed by atoms with van der Waals surface area (Å²) in [6.07, 6.45) is 2.17. The van der Waals surface area contributed by atoms with Crippen LogP contribution in [0.5, 0.6) is 5.75 Å². The van der Waals surface area contributed by atoms with Crippen molar-refractivity contribution >= 4 is 23.5 Å². The number of carbonyl (C=O) groups is 3. The number of hydrogen-bond donors (Lipinski definition) is 1. The second-order valence-corrected chi connectivity index (χ2v) is 8.34. The Kier molecular flexibility index (Phi) is 7.33. The molecule has 0 saturated carbocycles. The van der Waals surface area contributed by atoms with Gasteiger partial charge in [-0.1, -0.05) is 18.2 Å². The number of Topliss-reactive ketones (excluding diaryl/α,β-unsaturated/α-hetero) is 1. The van der Waals surface area contributed by atoms with Crippen molar-refractivity contribution in [2.24, 2.45) is 0 Å². The Hall–Kier alpha value is -3.88. The number of nitrogens with zero attached hydrogens (tertiary/aromatic N) is 3. The number of carbonyl (C=O) groups excluding carboxylic acids is 3. The zero-order chi connectivity index (χ0) is 24.9. The summed E-state index contributed by atoms with van der Waals surface area (Å²) >= 11 is 0. The molecule has 184 valence electrons. The molecule has 0 radical (unpaired) electrons. The maximum absolute atomic E-state index is 13.3. The molecule has 2 aliphatic heterocycles. The van der Waals surface area contributed by atoms with Crippen molar-refractivity contribution in [3.05, 3.63) is 65.5 Å². The van der Waals surface area contributed by atoms with Crippen LogP contribution in [0.3, 0.4) is 0 Å². The van der Waals surface area contributed by atoms with Gasteiger partial charge in [0.15, 0.2) is 0 Å². The molecule has 2 aliphatic rings. The Labute approximate surface area is 204 Å². The van der Waals surface area contributed by atoms with Crippen LogP contribution in [-0.4, -0.2) is 70.0 Å². The molecule has 2 amide bonds. The highest BCUT2D eigenvalue weighted by Gasteiger charge is 2.50. The summed E-state index contributed by atoms with van der Waals surface area (Å²) in [5, 5.41) is 11.3. The average molecular weight is 480 g/mol. The van der Waals surface area contributed by atoms with E-state index >= 15 is 0 Å². The zero-order valence-corrected chi connectivity index (χ0v) is 19.8. The van der Waals surface area contributed by atoms with Crippen LogP contribution in [0.1, 0.15) is 44.0 Å². The van der Waals surface area contributed by atoms with Gasteiger partial charge in [0, 0.05) is 30.9 Å². The van der Waals surface area contributed by atoms with Crippen LogP contribution >= 0.6 is 0 Å². The van der Waals surface area contributed by atoms with Crippen LogP contribution in [-0.2, 0) is 14.3 Å². The molecule has 0 bridgehead atoms. The summed E-state index contributed by atoms with van der Waals surface area (Å²) in [6.45, 7) is 5.15. The lowest BCUT2D eigenvalue weighted by atomic mass is 9.96. The lowest BCUT2D eigenvalue weighted by Gasteiger charge is -2.38. The fourth-order valence-corrected chi connectivity index (χ4v) is 4.65. The van der Waals surface area contributed by atoms with E-state index in [0.29, 0.717) is 49.5 Å². The Morgan fingerprint density at radius 1 is 1.09 bits per heavy atom. The quantitative estimate of drug-likeness (QED) is 0.384. The fourth-order valence-electron chi connectivity index (χ4n) is 4.65. The highest BCUT2D eigenvalue weighted by Crippen LogP contribution is 2.41. The third-order valence-electron chi connectivity index (χ3n) is 6.25. The number of likely N-dealkylation sites (tertiary alicyclic amines) is 2. The average Bonchev–Trinajstić information content (AvgIpc) is 3.15. The van der Waals surface area contributed by atoms with Crippen molar-refractivity contribution in [3.8, 4) is 5.75 Å². The normalized spacial score (nSPS) is 20.2. The van der Waals surface area contributed by atoms with Gasteiger partial charge in [-0.2, -0.15) is 0 Å². The number of rotatable bonds is 6. The molecule has 3 heterocycles. The maximum Gasteiger partial charge on any atom is 0.409 e. The van der Waals surface area contributed by atoms with Crippen molar-refractivity contribution in [1.29, 1.82) is 0 Å². The van der Waals surface area contributed by atoms with E-state index < -0.39 is 17.7 Å². The highest BCUT2D eigenvalue weighted by molar-refractivity contribution is 6.46. The first kappa shape index (κ1) is 24.3. The van der Waals surface area contributed by atoms with Gasteiger partial charge in [-0.25, -0.2) is 4.79 Å². The van der Waals surface area contributed by atoms with Crippen LogP contribution in [0.15, 0.2) is 54.2 Å². The van der Waals surface area contributed by atoms with Gasteiger partial charge in [-0.3, -0.25) is 14.6 Å². The van der Waals surface area contributed by atoms with Gasteiger partial charge in [-0.15, -0.1) is 0 Å². The number of ether oxygens (including phenoxy) is 2. The molecule has 0 aliphatic carbocycles. The van der Waals surface area contributed by atoms with E-state index in [9.17, 15) is 19.5 Å². The summed E-state index contributed by atoms with van der Waals surface area (Å²) < 4.78 is 10.6. The Bertz CT molecular complexity index is 1120. The molecule has 35 heavy (non-hydrogen) atoms. The van der Waals surface area contributed by atoms with Crippen LogP contribution in [0.4, 0.5) is 4.79 Å². The SMILES string of the molecule is CCOC(=O)N1CCC(N2C(=O)C(=O)/C(=C(/O)c3cccc(OCC)c3)C2c2ccccn2)CC1. The molecule has 1 N–H and O–H groups in total. The van der Waals surface area contributed by atoms with E-state index in [4.69, 9.17) is 9.47 Å². The molecular formula is C26H29N3O6. The Balaban J connectivity index is 1.71. The minimum Gasteiger partial charge on any atom is -0.507 e. The van der Waals surface area contributed by atoms with Gasteiger partial charge in [0.05, 0.1) is 24.5 Å². The molecule has 1 unspecified atom stereocenters. The molecule has 2 aromatic rings. The largest absolute Gasteiger partial charge is 0.507 e. The zero-order valence-electron chi connectivity index (χ0n) is 19.8. The van der Waals surface area contributed by atoms with Gasteiger partial charge in [0.2, 0.25) is 0 Å². The lowest BCUT2D eigenvalue weighted by Crippen LogP contribution is -2.48. The molecule has 2 saturated heterocycles. The molecule has 0 spiro atoms. The fraction of sp³-hybridized carbons (Fsp3) is 0.385. The van der Waals surface area contributed by atoms with Crippen LogP contribution in [0, 0.1) is 0 Å². The van der Waals surface area contributed by atoms with Crippen molar-refractivity contribution in [3.63, 3.8) is 0 Å². The predicted molar refractivity (Wildman–Crippen MR) is 128 cm³/mol. The number of aromatic nitrogens is 1. The first-order chi connectivity index (χ1) is 17.0. The van der Waals surface area contributed by atoms with E-state index in [-0.39, 0.29) is 30.1 Å². The smallest absolute Gasteiger partial charge is 0.409 e. The number of benzene rings is 1. The first-order valence-electron chi connectivity index (χ1n) is 11.8. The number of pyridine rings is 1. The number of hydrogen-bond acceptors (Lipinski definition) is 7. The van der Waals surface area contributed by atoms with E-state index in [0.717, 1.165) is 0 Å². The second kappa shape index (κ2) is 10.6. The summed E-state index contributed by atoms with van der Waals surface area (Å²) in [5.41, 5.74) is 0.865. The topological polar surface area (TPSA) is 109 Å². The number of ketones is 1. The monoisotopic (exact) mass is 479 g/mol. The van der Waals surface area contributed by atoms with Gasteiger partial charge >= 0.3 is 6.09 Å². The Morgan fingerprint density at radius 2 is 1.86 bits per heavy atom. The predicted octanol–water partition coefficient (Wildman–Crippen LogP) is 3.52. The molecule has 2 fully saturated rings. The standard InChI is InChI=1S/C26H29N3O6/c1-3-34-19-9-7-8-17(16-19)23(30)21-22(20-10-5-6-13-27-20)29(25(32)24(21)31)18-11-14-28(15-12-18)26(33)35-4-2/h5-10,13,16,18,22,30H,3-4,11-12,14-15H2,1-2H3/b23-21+. The molecule has 1 atom stereocenters. The molecular weight excluding hydrogens is 450 g/mol. The number of piperidine rings is 1. The summed E-state index contributed by atoms with van der Waals surface area (Å²) in [6, 6.07) is 10.9. The van der Waals surface area contributed by atoms with Gasteiger partial charge in [0.25, 0.3) is 11.7 Å². The molecule has 9 nitrogen and oxygen atoms in total. The van der Waals surface area contributed by atoms with Crippen molar-refractivity contribution in [2.45, 2.75) is 38.8 Å². The third kappa shape index (κ3) is 4.84. The number of aliphatic hydroxyl groups excluding tert-OH is 1. The molecule has 9 heteroatoms. The first-order valence-corrected chi connectivity index (χ1v) is 11.8. The summed E-state index contributed by atoms with van der Waals surface area (Å²) in [5.74, 6) is -1.16. The van der Waals surface area contributed by atoms with Crippen molar-refractivity contribution in [2.75, 3.05) is 26.3 Å². The Morgan fingerprint density at radius 3 is 2.51 bits per heavy atom. The van der Waals surface area contributed by atoms with Crippen molar-refractivity contribution in [1.82, 2.24) is 14.8 Å². The molecule has 1 aromatic heterocycles.